The Morgan fingerprint density at radius 3 is 2.55 bits per heavy atom. The van der Waals surface area contributed by atoms with E-state index in [9.17, 15) is 4.79 Å². The Morgan fingerprint density at radius 1 is 1.64 bits per heavy atom. The van der Waals surface area contributed by atoms with Crippen molar-refractivity contribution in [2.24, 2.45) is 0 Å². The van der Waals surface area contributed by atoms with Crippen LogP contribution in [0.4, 0.5) is 4.79 Å². The van der Waals surface area contributed by atoms with Gasteiger partial charge >= 0.3 is 6.09 Å². The van der Waals surface area contributed by atoms with Crippen LogP contribution in [0.15, 0.2) is 0 Å². The fourth-order valence-corrected chi connectivity index (χ4v) is 1.07. The van der Waals surface area contributed by atoms with E-state index in [0.29, 0.717) is 13.1 Å². The van der Waals surface area contributed by atoms with E-state index in [1.165, 1.54) is 4.90 Å². The minimum absolute atomic E-state index is 0.117. The Hall–Kier alpha value is -0.770. The van der Waals surface area contributed by atoms with E-state index >= 15 is 0 Å². The SMILES string of the molecule is CC(C)OC1CN(C(=O)O)C1. The first-order chi connectivity index (χ1) is 5.09. The van der Waals surface area contributed by atoms with Crippen LogP contribution in [0.3, 0.4) is 0 Å². The zero-order valence-electron chi connectivity index (χ0n) is 6.78. The number of carbonyl (C=O) groups is 1. The highest BCUT2D eigenvalue weighted by Crippen LogP contribution is 2.12. The van der Waals surface area contributed by atoms with Crippen LogP contribution in [-0.2, 0) is 4.74 Å². The van der Waals surface area contributed by atoms with Gasteiger partial charge in [0.2, 0.25) is 0 Å². The Balaban J connectivity index is 2.14. The van der Waals surface area contributed by atoms with Gasteiger partial charge in [0, 0.05) is 0 Å². The molecule has 1 N–H and O–H groups in total. The predicted molar refractivity (Wildman–Crippen MR) is 39.6 cm³/mol. The van der Waals surface area contributed by atoms with E-state index in [0.717, 1.165) is 0 Å². The van der Waals surface area contributed by atoms with Gasteiger partial charge in [0.15, 0.2) is 0 Å². The van der Waals surface area contributed by atoms with Crippen molar-refractivity contribution in [3.63, 3.8) is 0 Å². The number of rotatable bonds is 2. The summed E-state index contributed by atoms with van der Waals surface area (Å²) in [4.78, 5) is 11.6. The number of amides is 1. The summed E-state index contributed by atoms with van der Waals surface area (Å²) in [6.07, 6.45) is -0.546. The monoisotopic (exact) mass is 159 g/mol. The zero-order chi connectivity index (χ0) is 8.43. The second-order valence-corrected chi connectivity index (χ2v) is 2.99. The van der Waals surface area contributed by atoms with Crippen LogP contribution in [0.5, 0.6) is 0 Å². The van der Waals surface area contributed by atoms with Crippen molar-refractivity contribution in [3.8, 4) is 0 Å². The van der Waals surface area contributed by atoms with Gasteiger partial charge in [-0.15, -0.1) is 0 Å². The molecule has 64 valence electrons. The summed E-state index contributed by atoms with van der Waals surface area (Å²) in [7, 11) is 0. The number of hydrogen-bond donors (Lipinski definition) is 1. The molecule has 4 heteroatoms. The maximum absolute atomic E-state index is 10.3. The summed E-state index contributed by atoms with van der Waals surface area (Å²) in [6.45, 7) is 4.94. The third kappa shape index (κ3) is 2.08. The Kier molecular flexibility index (Phi) is 2.34. The smallest absolute Gasteiger partial charge is 0.407 e. The first-order valence-corrected chi connectivity index (χ1v) is 3.73. The van der Waals surface area contributed by atoms with Crippen LogP contribution in [-0.4, -0.2) is 41.4 Å². The fourth-order valence-electron chi connectivity index (χ4n) is 1.07. The van der Waals surface area contributed by atoms with Gasteiger partial charge in [-0.2, -0.15) is 0 Å². The van der Waals surface area contributed by atoms with Gasteiger partial charge in [0.1, 0.15) is 0 Å². The van der Waals surface area contributed by atoms with Crippen molar-refractivity contribution in [3.05, 3.63) is 0 Å². The van der Waals surface area contributed by atoms with Gasteiger partial charge in [0.05, 0.1) is 25.3 Å². The Morgan fingerprint density at radius 2 is 2.18 bits per heavy atom. The Bertz CT molecular complexity index is 152. The molecule has 1 aliphatic heterocycles. The summed E-state index contributed by atoms with van der Waals surface area (Å²) in [6, 6.07) is 0. The van der Waals surface area contributed by atoms with Crippen molar-refractivity contribution in [2.75, 3.05) is 13.1 Å². The highest BCUT2D eigenvalue weighted by molar-refractivity contribution is 5.66. The molecular weight excluding hydrogens is 146 g/mol. The van der Waals surface area contributed by atoms with E-state index in [1.54, 1.807) is 0 Å². The lowest BCUT2D eigenvalue weighted by Crippen LogP contribution is -2.54. The molecule has 0 aromatic heterocycles. The molecule has 0 saturated carbocycles. The van der Waals surface area contributed by atoms with Crippen molar-refractivity contribution in [1.29, 1.82) is 0 Å². The number of nitrogens with zero attached hydrogens (tertiary/aromatic N) is 1. The topological polar surface area (TPSA) is 49.8 Å². The normalized spacial score (nSPS) is 18.6. The van der Waals surface area contributed by atoms with Gasteiger partial charge in [-0.05, 0) is 13.8 Å². The largest absolute Gasteiger partial charge is 0.465 e. The average Bonchev–Trinajstić information content (AvgIpc) is 1.75. The van der Waals surface area contributed by atoms with Gasteiger partial charge < -0.3 is 14.7 Å². The molecule has 0 spiro atoms. The molecule has 0 unspecified atom stereocenters. The molecule has 0 aromatic carbocycles. The second kappa shape index (κ2) is 3.09. The van der Waals surface area contributed by atoms with E-state index in [2.05, 4.69) is 0 Å². The molecular formula is C7H13NO3. The van der Waals surface area contributed by atoms with Crippen LogP contribution in [0, 0.1) is 0 Å². The fraction of sp³-hybridized carbons (Fsp3) is 0.857. The average molecular weight is 159 g/mol. The first-order valence-electron chi connectivity index (χ1n) is 3.73. The molecule has 1 heterocycles. The minimum atomic E-state index is -0.853. The molecule has 11 heavy (non-hydrogen) atoms. The molecule has 1 amide bonds. The molecule has 0 aliphatic carbocycles. The van der Waals surface area contributed by atoms with Crippen LogP contribution in [0.25, 0.3) is 0 Å². The van der Waals surface area contributed by atoms with E-state index in [-0.39, 0.29) is 12.2 Å². The number of hydrogen-bond acceptors (Lipinski definition) is 2. The van der Waals surface area contributed by atoms with Gasteiger partial charge in [-0.25, -0.2) is 4.79 Å². The summed E-state index contributed by atoms with van der Waals surface area (Å²) in [5, 5.41) is 8.46. The Labute approximate surface area is 65.8 Å². The van der Waals surface area contributed by atoms with Gasteiger partial charge in [-0.1, -0.05) is 0 Å². The van der Waals surface area contributed by atoms with Crippen LogP contribution < -0.4 is 0 Å². The van der Waals surface area contributed by atoms with Crippen LogP contribution >= 0.6 is 0 Å². The van der Waals surface area contributed by atoms with Gasteiger partial charge in [0.25, 0.3) is 0 Å². The van der Waals surface area contributed by atoms with E-state index in [1.807, 2.05) is 13.8 Å². The predicted octanol–water partition coefficient (Wildman–Crippen LogP) is 0.774. The maximum atomic E-state index is 10.3. The lowest BCUT2D eigenvalue weighted by Gasteiger charge is -2.37. The second-order valence-electron chi connectivity index (χ2n) is 2.99. The molecule has 1 rings (SSSR count). The van der Waals surface area contributed by atoms with Gasteiger partial charge in [-0.3, -0.25) is 0 Å². The highest BCUT2D eigenvalue weighted by atomic mass is 16.5. The molecule has 4 nitrogen and oxygen atoms in total. The third-order valence-corrected chi connectivity index (χ3v) is 1.58. The lowest BCUT2D eigenvalue weighted by atomic mass is 10.2. The first kappa shape index (κ1) is 8.33. The molecule has 1 saturated heterocycles. The summed E-state index contributed by atoms with van der Waals surface area (Å²) in [5.74, 6) is 0. The zero-order valence-corrected chi connectivity index (χ0v) is 6.78. The lowest BCUT2D eigenvalue weighted by molar-refractivity contribution is -0.0706. The number of likely N-dealkylation sites (tertiary alicyclic amines) is 1. The van der Waals surface area contributed by atoms with Crippen LogP contribution in [0.2, 0.25) is 0 Å². The summed E-state index contributed by atoms with van der Waals surface area (Å²) < 4.78 is 5.36. The molecule has 0 aromatic rings. The quantitative estimate of drug-likeness (QED) is 0.647. The van der Waals surface area contributed by atoms with E-state index in [4.69, 9.17) is 9.84 Å². The maximum Gasteiger partial charge on any atom is 0.407 e. The minimum Gasteiger partial charge on any atom is -0.465 e. The van der Waals surface area contributed by atoms with Crippen molar-refractivity contribution < 1.29 is 14.6 Å². The third-order valence-electron chi connectivity index (χ3n) is 1.58. The standard InChI is InChI=1S/C7H13NO3/c1-5(2)11-6-3-8(4-6)7(9)10/h5-6H,3-4H2,1-2H3,(H,9,10). The number of ether oxygens (including phenoxy) is 1. The van der Waals surface area contributed by atoms with E-state index < -0.39 is 6.09 Å². The summed E-state index contributed by atoms with van der Waals surface area (Å²) in [5.41, 5.74) is 0. The van der Waals surface area contributed by atoms with Crippen LogP contribution in [0.1, 0.15) is 13.8 Å². The number of carboxylic acid groups (broad SMARTS) is 1. The molecule has 1 aliphatic rings. The highest BCUT2D eigenvalue weighted by Gasteiger charge is 2.31. The summed E-state index contributed by atoms with van der Waals surface area (Å²) >= 11 is 0. The van der Waals surface area contributed by atoms with Crippen molar-refractivity contribution in [2.45, 2.75) is 26.1 Å². The molecule has 0 bridgehead atoms. The van der Waals surface area contributed by atoms with Crippen molar-refractivity contribution >= 4 is 6.09 Å². The molecule has 1 fully saturated rings. The molecule has 0 radical (unpaired) electrons. The molecule has 0 atom stereocenters. The van der Waals surface area contributed by atoms with Crippen molar-refractivity contribution in [1.82, 2.24) is 4.90 Å².